The number of aromatic nitrogens is 4. The lowest BCUT2D eigenvalue weighted by Crippen LogP contribution is -2.00. The number of H-pyrrole nitrogens is 1. The predicted octanol–water partition coefficient (Wildman–Crippen LogP) is 2.04. The summed E-state index contributed by atoms with van der Waals surface area (Å²) in [7, 11) is 0. The van der Waals surface area contributed by atoms with E-state index in [2.05, 4.69) is 26.9 Å². The molecule has 0 amide bonds. The second kappa shape index (κ2) is 4.78. The molecule has 5 nitrogen and oxygen atoms in total. The summed E-state index contributed by atoms with van der Waals surface area (Å²) in [6.45, 7) is 2.57. The first-order chi connectivity index (χ1) is 9.33. The minimum Gasteiger partial charge on any atom is -0.346 e. The molecule has 0 fully saturated rings. The molecule has 0 aromatic carbocycles. The molecule has 0 aliphatic carbocycles. The van der Waals surface area contributed by atoms with Gasteiger partial charge in [-0.05, 0) is 24.1 Å². The van der Waals surface area contributed by atoms with E-state index in [1.165, 1.54) is 0 Å². The Kier molecular flexibility index (Phi) is 2.97. The van der Waals surface area contributed by atoms with Gasteiger partial charge in [-0.3, -0.25) is 4.98 Å². The zero-order valence-electron chi connectivity index (χ0n) is 10.7. The highest BCUT2D eigenvalue weighted by molar-refractivity contribution is 5.83. The Morgan fingerprint density at radius 3 is 2.84 bits per heavy atom. The lowest BCUT2D eigenvalue weighted by Gasteiger charge is -2.05. The van der Waals surface area contributed by atoms with E-state index in [4.69, 9.17) is 5.73 Å². The smallest absolute Gasteiger partial charge is 0.180 e. The summed E-state index contributed by atoms with van der Waals surface area (Å²) in [5.41, 5.74) is 9.41. The van der Waals surface area contributed by atoms with E-state index >= 15 is 0 Å². The monoisotopic (exact) mass is 253 g/mol. The van der Waals surface area contributed by atoms with Gasteiger partial charge in [0, 0.05) is 24.3 Å². The standard InChI is InChI=1S/C14H15N5/c1-2-10-12-9(7-15)8-17-14(12)19-13(18-10)11-5-3-4-6-16-11/h3-6,8H,2,7,15H2,1H3,(H,17,18,19). The summed E-state index contributed by atoms with van der Waals surface area (Å²) in [5, 5.41) is 1.05. The average Bonchev–Trinajstić information content (AvgIpc) is 2.90. The molecule has 0 radical (unpaired) electrons. The minimum atomic E-state index is 0.485. The van der Waals surface area contributed by atoms with E-state index in [1.807, 2.05) is 24.4 Å². The van der Waals surface area contributed by atoms with Gasteiger partial charge in [-0.1, -0.05) is 13.0 Å². The number of pyridine rings is 1. The Balaban J connectivity index is 2.24. The first-order valence-electron chi connectivity index (χ1n) is 6.31. The molecular weight excluding hydrogens is 238 g/mol. The predicted molar refractivity (Wildman–Crippen MR) is 74.4 cm³/mol. The SMILES string of the molecule is CCc1nc(-c2ccccn2)nc2[nH]cc(CN)c12. The first kappa shape index (κ1) is 11.8. The normalized spacial score (nSPS) is 11.1. The van der Waals surface area contributed by atoms with Crippen molar-refractivity contribution in [3.05, 3.63) is 41.9 Å². The molecule has 5 heteroatoms. The maximum Gasteiger partial charge on any atom is 0.180 e. The first-order valence-corrected chi connectivity index (χ1v) is 6.31. The van der Waals surface area contributed by atoms with Crippen molar-refractivity contribution < 1.29 is 0 Å². The van der Waals surface area contributed by atoms with Crippen LogP contribution in [0.25, 0.3) is 22.6 Å². The molecule has 3 N–H and O–H groups in total. The van der Waals surface area contributed by atoms with Crippen molar-refractivity contribution in [2.45, 2.75) is 19.9 Å². The van der Waals surface area contributed by atoms with Gasteiger partial charge < -0.3 is 10.7 Å². The molecule has 3 aromatic rings. The molecule has 0 spiro atoms. The van der Waals surface area contributed by atoms with Crippen LogP contribution in [0.1, 0.15) is 18.2 Å². The number of fused-ring (bicyclic) bond motifs is 1. The Morgan fingerprint density at radius 1 is 1.26 bits per heavy atom. The van der Waals surface area contributed by atoms with E-state index in [-0.39, 0.29) is 0 Å². The van der Waals surface area contributed by atoms with Crippen LogP contribution in [0.3, 0.4) is 0 Å². The zero-order chi connectivity index (χ0) is 13.2. The van der Waals surface area contributed by atoms with Crippen molar-refractivity contribution in [3.63, 3.8) is 0 Å². The van der Waals surface area contributed by atoms with Gasteiger partial charge in [-0.2, -0.15) is 0 Å². The molecule has 0 saturated carbocycles. The molecule has 96 valence electrons. The maximum atomic E-state index is 5.75. The summed E-state index contributed by atoms with van der Waals surface area (Å²) in [4.78, 5) is 16.6. The zero-order valence-corrected chi connectivity index (χ0v) is 10.7. The van der Waals surface area contributed by atoms with Gasteiger partial charge in [-0.25, -0.2) is 9.97 Å². The maximum absolute atomic E-state index is 5.75. The Labute approximate surface area is 110 Å². The highest BCUT2D eigenvalue weighted by Crippen LogP contribution is 2.23. The van der Waals surface area contributed by atoms with Gasteiger partial charge in [-0.15, -0.1) is 0 Å². The summed E-state index contributed by atoms with van der Waals surface area (Å²) in [5.74, 6) is 0.648. The van der Waals surface area contributed by atoms with E-state index in [0.717, 1.165) is 34.4 Å². The number of hydrogen-bond acceptors (Lipinski definition) is 4. The fourth-order valence-corrected chi connectivity index (χ4v) is 2.20. The van der Waals surface area contributed by atoms with Gasteiger partial charge in [0.05, 0.1) is 5.69 Å². The number of nitrogens with zero attached hydrogens (tertiary/aromatic N) is 3. The van der Waals surface area contributed by atoms with Crippen LogP contribution in [0.5, 0.6) is 0 Å². The molecule has 0 saturated heterocycles. The van der Waals surface area contributed by atoms with Crippen LogP contribution in [0.4, 0.5) is 0 Å². The van der Waals surface area contributed by atoms with Gasteiger partial charge in [0.2, 0.25) is 0 Å². The number of nitrogens with one attached hydrogen (secondary N) is 1. The van der Waals surface area contributed by atoms with E-state index in [9.17, 15) is 0 Å². The number of hydrogen-bond donors (Lipinski definition) is 2. The van der Waals surface area contributed by atoms with Crippen LogP contribution in [0.15, 0.2) is 30.6 Å². The topological polar surface area (TPSA) is 80.5 Å². The fraction of sp³-hybridized carbons (Fsp3) is 0.214. The molecule has 3 heterocycles. The van der Waals surface area contributed by atoms with Crippen LogP contribution in [0, 0.1) is 0 Å². The molecule has 19 heavy (non-hydrogen) atoms. The van der Waals surface area contributed by atoms with Crippen molar-refractivity contribution in [2.24, 2.45) is 5.73 Å². The number of aromatic amines is 1. The second-order valence-corrected chi connectivity index (χ2v) is 4.30. The van der Waals surface area contributed by atoms with Crippen molar-refractivity contribution >= 4 is 11.0 Å². The van der Waals surface area contributed by atoms with Gasteiger partial charge in [0.1, 0.15) is 11.3 Å². The third-order valence-corrected chi connectivity index (χ3v) is 3.14. The number of rotatable bonds is 3. The molecule has 3 aromatic heterocycles. The highest BCUT2D eigenvalue weighted by atomic mass is 15.0. The van der Waals surface area contributed by atoms with Crippen molar-refractivity contribution in [2.75, 3.05) is 0 Å². The van der Waals surface area contributed by atoms with Gasteiger partial charge >= 0.3 is 0 Å². The van der Waals surface area contributed by atoms with Gasteiger partial charge in [0.15, 0.2) is 5.82 Å². The number of nitrogens with two attached hydrogens (primary N) is 1. The van der Waals surface area contributed by atoms with Crippen LogP contribution in [-0.4, -0.2) is 19.9 Å². The second-order valence-electron chi connectivity index (χ2n) is 4.30. The number of aryl methyl sites for hydroxylation is 1. The summed E-state index contributed by atoms with van der Waals surface area (Å²) in [6.07, 6.45) is 4.49. The third kappa shape index (κ3) is 1.98. The van der Waals surface area contributed by atoms with Crippen molar-refractivity contribution in [3.8, 4) is 11.5 Å². The van der Waals surface area contributed by atoms with Crippen LogP contribution in [0.2, 0.25) is 0 Å². The van der Waals surface area contributed by atoms with E-state index in [0.29, 0.717) is 12.4 Å². The van der Waals surface area contributed by atoms with E-state index < -0.39 is 0 Å². The molecular formula is C14H15N5. The fourth-order valence-electron chi connectivity index (χ4n) is 2.20. The molecule has 3 rings (SSSR count). The molecule has 0 aliphatic rings. The van der Waals surface area contributed by atoms with Crippen LogP contribution >= 0.6 is 0 Å². The molecule has 0 unspecified atom stereocenters. The Bertz CT molecular complexity index is 702. The van der Waals surface area contributed by atoms with Crippen molar-refractivity contribution in [1.82, 2.24) is 19.9 Å². The summed E-state index contributed by atoms with van der Waals surface area (Å²) < 4.78 is 0. The van der Waals surface area contributed by atoms with Crippen LogP contribution < -0.4 is 5.73 Å². The lowest BCUT2D eigenvalue weighted by molar-refractivity contribution is 1.02. The summed E-state index contributed by atoms with van der Waals surface area (Å²) in [6, 6.07) is 5.72. The quantitative estimate of drug-likeness (QED) is 0.748. The molecule has 0 bridgehead atoms. The molecule has 0 aliphatic heterocycles. The van der Waals surface area contributed by atoms with Crippen LogP contribution in [-0.2, 0) is 13.0 Å². The highest BCUT2D eigenvalue weighted by Gasteiger charge is 2.13. The lowest BCUT2D eigenvalue weighted by atomic mass is 10.1. The largest absolute Gasteiger partial charge is 0.346 e. The molecule has 0 atom stereocenters. The minimum absolute atomic E-state index is 0.485. The Morgan fingerprint density at radius 2 is 2.16 bits per heavy atom. The third-order valence-electron chi connectivity index (χ3n) is 3.14. The average molecular weight is 253 g/mol. The van der Waals surface area contributed by atoms with Gasteiger partial charge in [0.25, 0.3) is 0 Å². The summed E-state index contributed by atoms with van der Waals surface area (Å²) >= 11 is 0. The Hall–Kier alpha value is -2.27. The van der Waals surface area contributed by atoms with Crippen molar-refractivity contribution in [1.29, 1.82) is 0 Å². The van der Waals surface area contributed by atoms with E-state index in [1.54, 1.807) is 6.20 Å².